The zero-order valence-corrected chi connectivity index (χ0v) is 19.7. The molecule has 0 atom stereocenters. The van der Waals surface area contributed by atoms with Crippen LogP contribution in [0.3, 0.4) is 0 Å². The standard InChI is InChI=1S/C29H22N4OS/c34-27(30-24-15-7-9-17-26(24)35-20-10-2-1-3-11-20)18-19-33-25-16-8-4-12-21(25)28-29(33)32-23-14-6-5-13-22(23)31-28/h1-17H,18-19H2,(H,30,34). The molecule has 0 radical (unpaired) electrons. The van der Waals surface area contributed by atoms with Crippen molar-refractivity contribution in [1.82, 2.24) is 14.5 Å². The van der Waals surface area contributed by atoms with E-state index >= 15 is 0 Å². The highest BCUT2D eigenvalue weighted by Gasteiger charge is 2.15. The van der Waals surface area contributed by atoms with Crippen LogP contribution in [-0.2, 0) is 11.3 Å². The van der Waals surface area contributed by atoms with Gasteiger partial charge in [0.15, 0.2) is 5.65 Å². The van der Waals surface area contributed by atoms with Gasteiger partial charge in [-0.3, -0.25) is 4.79 Å². The van der Waals surface area contributed by atoms with Crippen molar-refractivity contribution in [2.75, 3.05) is 5.32 Å². The van der Waals surface area contributed by atoms with Crippen molar-refractivity contribution in [1.29, 1.82) is 0 Å². The first kappa shape index (κ1) is 21.4. The molecule has 1 amide bonds. The van der Waals surface area contributed by atoms with Crippen molar-refractivity contribution in [3.8, 4) is 0 Å². The maximum atomic E-state index is 13.0. The van der Waals surface area contributed by atoms with Crippen molar-refractivity contribution in [2.24, 2.45) is 0 Å². The fourth-order valence-electron chi connectivity index (χ4n) is 4.31. The second-order valence-electron chi connectivity index (χ2n) is 8.26. The summed E-state index contributed by atoms with van der Waals surface area (Å²) in [5.74, 6) is -0.0363. The van der Waals surface area contributed by atoms with E-state index in [9.17, 15) is 4.79 Å². The maximum absolute atomic E-state index is 13.0. The lowest BCUT2D eigenvalue weighted by molar-refractivity contribution is -0.116. The minimum absolute atomic E-state index is 0.0363. The van der Waals surface area contributed by atoms with Gasteiger partial charge < -0.3 is 9.88 Å². The van der Waals surface area contributed by atoms with Gasteiger partial charge >= 0.3 is 0 Å². The molecule has 0 aliphatic carbocycles. The SMILES string of the molecule is O=C(CCn1c2ccccc2c2nc3ccccc3nc21)Nc1ccccc1Sc1ccccc1. The molecule has 0 aliphatic heterocycles. The first-order chi connectivity index (χ1) is 17.3. The molecule has 0 fully saturated rings. The first-order valence-corrected chi connectivity index (χ1v) is 12.3. The number of aryl methyl sites for hydroxylation is 1. The number of para-hydroxylation sites is 4. The summed E-state index contributed by atoms with van der Waals surface area (Å²) in [7, 11) is 0. The van der Waals surface area contributed by atoms with E-state index in [1.807, 2.05) is 78.9 Å². The van der Waals surface area contributed by atoms with Gasteiger partial charge in [-0.25, -0.2) is 9.97 Å². The summed E-state index contributed by atoms with van der Waals surface area (Å²) in [4.78, 5) is 25.0. The van der Waals surface area contributed by atoms with Crippen LogP contribution in [0.2, 0.25) is 0 Å². The largest absolute Gasteiger partial charge is 0.325 e. The fourth-order valence-corrected chi connectivity index (χ4v) is 5.23. The molecule has 0 bridgehead atoms. The second kappa shape index (κ2) is 9.24. The van der Waals surface area contributed by atoms with Crippen LogP contribution >= 0.6 is 11.8 Å². The van der Waals surface area contributed by atoms with Gasteiger partial charge in [0.05, 0.1) is 22.2 Å². The van der Waals surface area contributed by atoms with Crippen LogP contribution in [-0.4, -0.2) is 20.4 Å². The molecule has 2 aromatic heterocycles. The number of fused-ring (bicyclic) bond motifs is 4. The molecule has 6 rings (SSSR count). The molecule has 6 heteroatoms. The van der Waals surface area contributed by atoms with Gasteiger partial charge in [0.2, 0.25) is 5.91 Å². The third-order valence-corrected chi connectivity index (χ3v) is 7.04. The molecule has 170 valence electrons. The maximum Gasteiger partial charge on any atom is 0.226 e. The molecule has 35 heavy (non-hydrogen) atoms. The number of nitrogens with zero attached hydrogens (tertiary/aromatic N) is 3. The smallest absolute Gasteiger partial charge is 0.226 e. The fraction of sp³-hybridized carbons (Fsp3) is 0.0690. The third kappa shape index (κ3) is 4.24. The third-order valence-electron chi connectivity index (χ3n) is 5.95. The lowest BCUT2D eigenvalue weighted by Gasteiger charge is -2.12. The lowest BCUT2D eigenvalue weighted by Crippen LogP contribution is -2.15. The number of hydrogen-bond donors (Lipinski definition) is 1. The number of carbonyl (C=O) groups excluding carboxylic acids is 1. The number of nitrogens with one attached hydrogen (secondary N) is 1. The molecule has 0 unspecified atom stereocenters. The molecule has 0 spiro atoms. The predicted octanol–water partition coefficient (Wildman–Crippen LogP) is 6.92. The number of amides is 1. The van der Waals surface area contributed by atoms with Gasteiger partial charge in [0.1, 0.15) is 5.52 Å². The molecular formula is C29H22N4OS. The molecule has 5 nitrogen and oxygen atoms in total. The Hall–Kier alpha value is -4.16. The molecule has 0 aliphatic rings. The van der Waals surface area contributed by atoms with Gasteiger partial charge in [0, 0.05) is 28.1 Å². The van der Waals surface area contributed by atoms with E-state index in [1.165, 1.54) is 0 Å². The summed E-state index contributed by atoms with van der Waals surface area (Å²) in [5, 5.41) is 4.16. The number of rotatable bonds is 6. The molecule has 0 saturated carbocycles. The minimum Gasteiger partial charge on any atom is -0.325 e. The number of benzene rings is 4. The number of hydrogen-bond acceptors (Lipinski definition) is 4. The van der Waals surface area contributed by atoms with E-state index in [4.69, 9.17) is 9.97 Å². The molecule has 0 saturated heterocycles. The number of carbonyl (C=O) groups is 1. The van der Waals surface area contributed by atoms with E-state index in [-0.39, 0.29) is 5.91 Å². The highest BCUT2D eigenvalue weighted by molar-refractivity contribution is 7.99. The van der Waals surface area contributed by atoms with E-state index in [0.29, 0.717) is 13.0 Å². The van der Waals surface area contributed by atoms with Crippen molar-refractivity contribution in [3.63, 3.8) is 0 Å². The molecular weight excluding hydrogens is 452 g/mol. The Morgan fingerprint density at radius 1 is 0.771 bits per heavy atom. The van der Waals surface area contributed by atoms with E-state index in [2.05, 4.69) is 34.1 Å². The van der Waals surface area contributed by atoms with Crippen molar-refractivity contribution < 1.29 is 4.79 Å². The lowest BCUT2D eigenvalue weighted by atomic mass is 10.2. The van der Waals surface area contributed by atoms with Gasteiger partial charge in [-0.2, -0.15) is 0 Å². The van der Waals surface area contributed by atoms with Crippen LogP contribution < -0.4 is 5.32 Å². The first-order valence-electron chi connectivity index (χ1n) is 11.5. The average molecular weight is 475 g/mol. The summed E-state index contributed by atoms with van der Waals surface area (Å²) in [5.41, 5.74) is 5.24. The Balaban J connectivity index is 1.27. The summed E-state index contributed by atoms with van der Waals surface area (Å²) in [6, 6.07) is 34.1. The molecule has 4 aromatic carbocycles. The minimum atomic E-state index is -0.0363. The quantitative estimate of drug-likeness (QED) is 0.285. The van der Waals surface area contributed by atoms with Crippen LogP contribution in [0.4, 0.5) is 5.69 Å². The Morgan fingerprint density at radius 2 is 1.46 bits per heavy atom. The van der Waals surface area contributed by atoms with Crippen LogP contribution in [0.25, 0.3) is 33.1 Å². The van der Waals surface area contributed by atoms with E-state index in [0.717, 1.165) is 48.6 Å². The molecule has 2 heterocycles. The summed E-state index contributed by atoms with van der Waals surface area (Å²) >= 11 is 1.64. The number of anilines is 1. The Labute approximate surface area is 206 Å². The predicted molar refractivity (Wildman–Crippen MR) is 143 cm³/mol. The van der Waals surface area contributed by atoms with Crippen molar-refractivity contribution in [3.05, 3.63) is 103 Å². The molecule has 1 N–H and O–H groups in total. The van der Waals surface area contributed by atoms with Gasteiger partial charge in [-0.05, 0) is 42.5 Å². The van der Waals surface area contributed by atoms with Gasteiger partial charge in [-0.1, -0.05) is 72.4 Å². The average Bonchev–Trinajstić information content (AvgIpc) is 3.20. The molecule has 6 aromatic rings. The van der Waals surface area contributed by atoms with Crippen molar-refractivity contribution in [2.45, 2.75) is 22.8 Å². The topological polar surface area (TPSA) is 59.8 Å². The second-order valence-corrected chi connectivity index (χ2v) is 9.38. The van der Waals surface area contributed by atoms with E-state index < -0.39 is 0 Å². The summed E-state index contributed by atoms with van der Waals surface area (Å²) in [6.07, 6.45) is 0.326. The summed E-state index contributed by atoms with van der Waals surface area (Å²) < 4.78 is 2.11. The Bertz CT molecular complexity index is 1680. The Morgan fingerprint density at radius 3 is 2.31 bits per heavy atom. The summed E-state index contributed by atoms with van der Waals surface area (Å²) in [6.45, 7) is 0.511. The van der Waals surface area contributed by atoms with E-state index in [1.54, 1.807) is 11.8 Å². The zero-order chi connectivity index (χ0) is 23.6. The number of aromatic nitrogens is 3. The monoisotopic (exact) mass is 474 g/mol. The Kier molecular flexibility index (Phi) is 5.64. The van der Waals surface area contributed by atoms with Crippen LogP contribution in [0, 0.1) is 0 Å². The normalized spacial score (nSPS) is 11.3. The van der Waals surface area contributed by atoms with Crippen LogP contribution in [0.5, 0.6) is 0 Å². The highest BCUT2D eigenvalue weighted by atomic mass is 32.2. The zero-order valence-electron chi connectivity index (χ0n) is 18.9. The van der Waals surface area contributed by atoms with Crippen molar-refractivity contribution >= 4 is 56.5 Å². The van der Waals surface area contributed by atoms with Crippen LogP contribution in [0.1, 0.15) is 6.42 Å². The van der Waals surface area contributed by atoms with Gasteiger partial charge in [-0.15, -0.1) is 0 Å². The van der Waals surface area contributed by atoms with Crippen LogP contribution in [0.15, 0.2) is 113 Å². The highest BCUT2D eigenvalue weighted by Crippen LogP contribution is 2.33. The van der Waals surface area contributed by atoms with Gasteiger partial charge in [0.25, 0.3) is 0 Å².